The number of rotatable bonds is 5. The molecule has 0 radical (unpaired) electrons. The van der Waals surface area contributed by atoms with Gasteiger partial charge < -0.3 is 9.84 Å². The van der Waals surface area contributed by atoms with E-state index in [1.165, 1.54) is 16.0 Å². The molecule has 8 heteroatoms. The summed E-state index contributed by atoms with van der Waals surface area (Å²) < 4.78 is 5.27. The van der Waals surface area contributed by atoms with Gasteiger partial charge in [0.1, 0.15) is 10.8 Å². The van der Waals surface area contributed by atoms with E-state index in [2.05, 4.69) is 20.4 Å². The van der Waals surface area contributed by atoms with Crippen LogP contribution in [0.1, 0.15) is 42.8 Å². The minimum absolute atomic E-state index is 0.00289. The number of fused-ring (bicyclic) bond motifs is 1. The third kappa shape index (κ3) is 3.44. The highest BCUT2D eigenvalue weighted by Crippen LogP contribution is 2.30. The molecule has 0 unspecified atom stereocenters. The number of thiophene rings is 1. The minimum Gasteiger partial charge on any atom is -0.361 e. The molecule has 4 rings (SSSR count). The van der Waals surface area contributed by atoms with Crippen molar-refractivity contribution in [1.29, 1.82) is 0 Å². The molecule has 0 bridgehead atoms. The van der Waals surface area contributed by atoms with Crippen molar-refractivity contribution < 1.29 is 9.32 Å². The Labute approximate surface area is 159 Å². The molecule has 3 aromatic rings. The lowest BCUT2D eigenvalue weighted by atomic mass is 10.0. The Hall–Kier alpha value is -2.03. The lowest BCUT2D eigenvalue weighted by Crippen LogP contribution is -2.31. The molecule has 0 aromatic carbocycles. The summed E-state index contributed by atoms with van der Waals surface area (Å²) in [5, 5.41) is 11.8. The average molecular weight is 389 g/mol. The molecule has 0 fully saturated rings. The topological polar surface area (TPSA) is 71.3 Å². The van der Waals surface area contributed by atoms with E-state index < -0.39 is 0 Å². The van der Waals surface area contributed by atoms with Crippen LogP contribution in [0.25, 0.3) is 0 Å². The van der Waals surface area contributed by atoms with E-state index >= 15 is 0 Å². The summed E-state index contributed by atoms with van der Waals surface area (Å²) in [7, 11) is 0. The van der Waals surface area contributed by atoms with Gasteiger partial charge in [0.2, 0.25) is 0 Å². The van der Waals surface area contributed by atoms with Crippen molar-refractivity contribution in [3.63, 3.8) is 0 Å². The van der Waals surface area contributed by atoms with Gasteiger partial charge in [0.05, 0.1) is 17.8 Å². The van der Waals surface area contributed by atoms with Crippen LogP contribution in [0, 0.1) is 13.8 Å². The first kappa shape index (κ1) is 17.4. The highest BCUT2D eigenvalue weighted by atomic mass is 32.1. The van der Waals surface area contributed by atoms with Gasteiger partial charge in [-0.25, -0.2) is 4.98 Å². The standard InChI is InChI=1S/C18H20N4O2S2/c1-11-14(12(2)24-21-11)8-22-5-3-13-15(10-26-16(13)9-22)18(23)20-7-17-19-4-6-25-17/h4,6,10H,3,5,7-9H2,1-2H3,(H,20,23). The molecular weight excluding hydrogens is 368 g/mol. The molecule has 1 aliphatic heterocycles. The van der Waals surface area contributed by atoms with Crippen LogP contribution in [0.15, 0.2) is 21.5 Å². The van der Waals surface area contributed by atoms with E-state index in [1.807, 2.05) is 24.6 Å². The van der Waals surface area contributed by atoms with Crippen LogP contribution in [0.4, 0.5) is 0 Å². The molecule has 1 N–H and O–H groups in total. The van der Waals surface area contributed by atoms with Crippen molar-refractivity contribution in [3.8, 4) is 0 Å². The first-order valence-corrected chi connectivity index (χ1v) is 10.3. The van der Waals surface area contributed by atoms with Gasteiger partial charge >= 0.3 is 0 Å². The predicted octanol–water partition coefficient (Wildman–Crippen LogP) is 3.30. The first-order valence-electron chi connectivity index (χ1n) is 8.51. The first-order chi connectivity index (χ1) is 12.6. The van der Waals surface area contributed by atoms with E-state index in [9.17, 15) is 4.79 Å². The molecule has 0 saturated carbocycles. The lowest BCUT2D eigenvalue weighted by molar-refractivity contribution is 0.0949. The molecule has 136 valence electrons. The Morgan fingerprint density at radius 3 is 3.00 bits per heavy atom. The van der Waals surface area contributed by atoms with Crippen molar-refractivity contribution in [2.24, 2.45) is 0 Å². The summed E-state index contributed by atoms with van der Waals surface area (Å²) >= 11 is 3.23. The van der Waals surface area contributed by atoms with Crippen molar-refractivity contribution in [2.75, 3.05) is 6.54 Å². The maximum atomic E-state index is 12.5. The Morgan fingerprint density at radius 1 is 1.38 bits per heavy atom. The third-order valence-corrected chi connectivity index (χ3v) is 6.51. The number of aryl methyl sites for hydroxylation is 2. The Balaban J connectivity index is 1.42. The number of amides is 1. The number of nitrogens with zero attached hydrogens (tertiary/aromatic N) is 3. The monoisotopic (exact) mass is 388 g/mol. The highest BCUT2D eigenvalue weighted by Gasteiger charge is 2.25. The Morgan fingerprint density at radius 2 is 2.27 bits per heavy atom. The largest absolute Gasteiger partial charge is 0.361 e. The smallest absolute Gasteiger partial charge is 0.252 e. The molecule has 0 atom stereocenters. The number of carbonyl (C=O) groups excluding carboxylic acids is 1. The van der Waals surface area contributed by atoms with Crippen LogP contribution in [0.2, 0.25) is 0 Å². The molecule has 3 aromatic heterocycles. The number of aromatic nitrogens is 2. The molecule has 0 saturated heterocycles. The van der Waals surface area contributed by atoms with Gasteiger partial charge in [0.15, 0.2) is 0 Å². The van der Waals surface area contributed by atoms with E-state index in [0.29, 0.717) is 6.54 Å². The maximum absolute atomic E-state index is 12.5. The minimum atomic E-state index is -0.00289. The zero-order valence-electron chi connectivity index (χ0n) is 14.7. The van der Waals surface area contributed by atoms with Crippen molar-refractivity contribution >= 4 is 28.6 Å². The van der Waals surface area contributed by atoms with Crippen LogP contribution >= 0.6 is 22.7 Å². The van der Waals surface area contributed by atoms with Gasteiger partial charge in [-0.3, -0.25) is 9.69 Å². The Kier molecular flexibility index (Phi) is 4.88. The fourth-order valence-electron chi connectivity index (χ4n) is 3.25. The summed E-state index contributed by atoms with van der Waals surface area (Å²) in [6.07, 6.45) is 2.65. The van der Waals surface area contributed by atoms with Gasteiger partial charge in [0.25, 0.3) is 5.91 Å². The summed E-state index contributed by atoms with van der Waals surface area (Å²) in [5.41, 5.74) is 4.15. The number of thiazole rings is 1. The van der Waals surface area contributed by atoms with Gasteiger partial charge in [-0.05, 0) is 25.8 Å². The van der Waals surface area contributed by atoms with E-state index in [0.717, 1.165) is 48.1 Å². The SMILES string of the molecule is Cc1noc(C)c1CN1CCc2c(C(=O)NCc3nccs3)csc2C1. The number of carbonyl (C=O) groups is 1. The number of nitrogens with one attached hydrogen (secondary N) is 1. The molecule has 4 heterocycles. The quantitative estimate of drug-likeness (QED) is 0.726. The second-order valence-corrected chi connectivity index (χ2v) is 8.37. The summed E-state index contributed by atoms with van der Waals surface area (Å²) in [4.78, 5) is 20.4. The van der Waals surface area contributed by atoms with Crippen molar-refractivity contribution in [3.05, 3.63) is 55.0 Å². The van der Waals surface area contributed by atoms with Gasteiger partial charge in [0, 0.05) is 47.0 Å². The highest BCUT2D eigenvalue weighted by molar-refractivity contribution is 7.10. The number of hydrogen-bond donors (Lipinski definition) is 1. The molecule has 1 amide bonds. The van der Waals surface area contributed by atoms with E-state index in [4.69, 9.17) is 4.52 Å². The van der Waals surface area contributed by atoms with Crippen LogP contribution in [-0.2, 0) is 26.1 Å². The second kappa shape index (κ2) is 7.30. The van der Waals surface area contributed by atoms with Gasteiger partial charge in [-0.1, -0.05) is 5.16 Å². The molecule has 6 nitrogen and oxygen atoms in total. The van der Waals surface area contributed by atoms with Crippen molar-refractivity contribution in [1.82, 2.24) is 20.4 Å². The van der Waals surface area contributed by atoms with E-state index in [1.54, 1.807) is 28.9 Å². The zero-order chi connectivity index (χ0) is 18.1. The second-order valence-electron chi connectivity index (χ2n) is 6.42. The fourth-order valence-corrected chi connectivity index (χ4v) is 4.93. The molecular formula is C18H20N4O2S2. The van der Waals surface area contributed by atoms with Gasteiger partial charge in [-0.2, -0.15) is 0 Å². The molecule has 26 heavy (non-hydrogen) atoms. The normalized spacial score (nSPS) is 14.4. The van der Waals surface area contributed by atoms with Crippen molar-refractivity contribution in [2.45, 2.75) is 39.9 Å². The predicted molar refractivity (Wildman–Crippen MR) is 101 cm³/mol. The summed E-state index contributed by atoms with van der Waals surface area (Å²) in [6.45, 7) is 7.06. The molecule has 1 aliphatic rings. The Bertz CT molecular complexity index is 894. The van der Waals surface area contributed by atoms with Crippen LogP contribution in [0.5, 0.6) is 0 Å². The van der Waals surface area contributed by atoms with Crippen LogP contribution in [0.3, 0.4) is 0 Å². The number of hydrogen-bond acceptors (Lipinski definition) is 7. The summed E-state index contributed by atoms with van der Waals surface area (Å²) in [6, 6.07) is 0. The average Bonchev–Trinajstić information content (AvgIpc) is 3.36. The fraction of sp³-hybridized carbons (Fsp3) is 0.389. The third-order valence-electron chi connectivity index (χ3n) is 4.72. The molecule has 0 aliphatic carbocycles. The maximum Gasteiger partial charge on any atom is 0.252 e. The molecule has 0 spiro atoms. The van der Waals surface area contributed by atoms with Crippen LogP contribution < -0.4 is 5.32 Å². The van der Waals surface area contributed by atoms with Gasteiger partial charge in [-0.15, -0.1) is 22.7 Å². The van der Waals surface area contributed by atoms with Crippen LogP contribution in [-0.4, -0.2) is 27.5 Å². The summed E-state index contributed by atoms with van der Waals surface area (Å²) in [5.74, 6) is 0.888. The zero-order valence-corrected chi connectivity index (χ0v) is 16.4. The van der Waals surface area contributed by atoms with E-state index in [-0.39, 0.29) is 5.91 Å². The lowest BCUT2D eigenvalue weighted by Gasteiger charge is -2.27.